The van der Waals surface area contributed by atoms with Gasteiger partial charge in [0.2, 0.25) is 5.91 Å². The highest BCUT2D eigenvalue weighted by molar-refractivity contribution is 5.91. The van der Waals surface area contributed by atoms with Crippen molar-refractivity contribution in [2.45, 2.75) is 32.4 Å². The zero-order valence-electron chi connectivity index (χ0n) is 15.2. The van der Waals surface area contributed by atoms with E-state index in [1.807, 2.05) is 0 Å². The third kappa shape index (κ3) is 4.93. The molecule has 0 unspecified atom stereocenters. The molecular weight excluding hydrogens is 351 g/mol. The van der Waals surface area contributed by atoms with Crippen LogP contribution in [-0.4, -0.2) is 30.1 Å². The van der Waals surface area contributed by atoms with Crippen LogP contribution in [0.3, 0.4) is 0 Å². The van der Waals surface area contributed by atoms with E-state index in [-0.39, 0.29) is 24.3 Å². The molecular formula is C19H21FN4O3. The largest absolute Gasteiger partial charge is 0.487 e. The van der Waals surface area contributed by atoms with Gasteiger partial charge < -0.3 is 20.3 Å². The van der Waals surface area contributed by atoms with Crippen molar-refractivity contribution in [2.24, 2.45) is 0 Å². The third-order valence-corrected chi connectivity index (χ3v) is 4.12. The number of ether oxygens (including phenoxy) is 1. The fourth-order valence-corrected chi connectivity index (χ4v) is 2.32. The van der Waals surface area contributed by atoms with Crippen molar-refractivity contribution in [3.8, 4) is 5.75 Å². The van der Waals surface area contributed by atoms with Crippen LogP contribution in [0.15, 0.2) is 36.5 Å². The normalized spacial score (nSPS) is 13.0. The van der Waals surface area contributed by atoms with Crippen molar-refractivity contribution in [1.29, 1.82) is 0 Å². The van der Waals surface area contributed by atoms with Gasteiger partial charge in [-0.25, -0.2) is 14.2 Å². The highest BCUT2D eigenvalue weighted by atomic mass is 19.1. The van der Waals surface area contributed by atoms with Crippen molar-refractivity contribution in [1.82, 2.24) is 10.3 Å². The van der Waals surface area contributed by atoms with Crippen LogP contribution < -0.4 is 20.3 Å². The number of halogens is 1. The van der Waals surface area contributed by atoms with E-state index in [0.29, 0.717) is 17.1 Å². The van der Waals surface area contributed by atoms with Gasteiger partial charge in [-0.2, -0.15) is 0 Å². The number of amides is 3. The van der Waals surface area contributed by atoms with Crippen molar-refractivity contribution >= 4 is 23.4 Å². The average Bonchev–Trinajstić information content (AvgIpc) is 3.46. The minimum absolute atomic E-state index is 0.0259. The number of pyridine rings is 1. The van der Waals surface area contributed by atoms with E-state index in [0.717, 1.165) is 12.8 Å². The summed E-state index contributed by atoms with van der Waals surface area (Å²) in [6.45, 7) is 1.46. The SMILES string of the molecule is CC(=O)N(C)c1ccc(NC(=O)NCc2cccc(OC3CC3)c2F)cn1. The molecule has 8 heteroatoms. The smallest absolute Gasteiger partial charge is 0.319 e. The molecule has 3 rings (SSSR count). The molecule has 0 spiro atoms. The number of hydrogen-bond donors (Lipinski definition) is 2. The number of nitrogens with zero attached hydrogens (tertiary/aromatic N) is 2. The molecule has 1 fully saturated rings. The number of nitrogens with one attached hydrogen (secondary N) is 2. The van der Waals surface area contributed by atoms with E-state index >= 15 is 0 Å². The van der Waals surface area contributed by atoms with Crippen molar-refractivity contribution in [2.75, 3.05) is 17.3 Å². The van der Waals surface area contributed by atoms with E-state index in [4.69, 9.17) is 4.74 Å². The molecule has 1 aliphatic rings. The summed E-state index contributed by atoms with van der Waals surface area (Å²) >= 11 is 0. The second-order valence-electron chi connectivity index (χ2n) is 6.34. The lowest BCUT2D eigenvalue weighted by Crippen LogP contribution is -2.29. The van der Waals surface area contributed by atoms with Crippen LogP contribution in [0.2, 0.25) is 0 Å². The Labute approximate surface area is 156 Å². The van der Waals surface area contributed by atoms with Crippen molar-refractivity contribution in [3.63, 3.8) is 0 Å². The number of urea groups is 1. The Morgan fingerprint density at radius 3 is 2.70 bits per heavy atom. The van der Waals surface area contributed by atoms with Crippen molar-refractivity contribution in [3.05, 3.63) is 47.9 Å². The molecule has 7 nitrogen and oxygen atoms in total. The number of carbonyl (C=O) groups excluding carboxylic acids is 2. The maximum atomic E-state index is 14.4. The number of rotatable bonds is 6. The van der Waals surface area contributed by atoms with Gasteiger partial charge >= 0.3 is 6.03 Å². The van der Waals surface area contributed by atoms with Crippen LogP contribution >= 0.6 is 0 Å². The maximum Gasteiger partial charge on any atom is 0.319 e. The molecule has 0 saturated heterocycles. The molecule has 3 amide bonds. The van der Waals surface area contributed by atoms with E-state index in [1.54, 1.807) is 37.4 Å². The molecule has 1 aromatic heterocycles. The van der Waals surface area contributed by atoms with E-state index in [9.17, 15) is 14.0 Å². The predicted octanol–water partition coefficient (Wildman–Crippen LogP) is 3.07. The zero-order chi connectivity index (χ0) is 19.4. The summed E-state index contributed by atoms with van der Waals surface area (Å²) in [5, 5.41) is 5.22. The Hall–Kier alpha value is -3.16. The lowest BCUT2D eigenvalue weighted by Gasteiger charge is -2.14. The standard InChI is InChI=1S/C19H21FN4O3/c1-12(25)24(2)17-9-6-14(11-21-17)23-19(26)22-10-13-4-3-5-16(18(13)20)27-15-7-8-15/h3-6,9,11,15H,7-8,10H2,1-2H3,(H2,22,23,26). The van der Waals surface area contributed by atoms with Crippen LogP contribution in [0, 0.1) is 5.82 Å². The van der Waals surface area contributed by atoms with Gasteiger partial charge in [0.15, 0.2) is 11.6 Å². The zero-order valence-corrected chi connectivity index (χ0v) is 15.2. The van der Waals surface area contributed by atoms with Crippen LogP contribution in [-0.2, 0) is 11.3 Å². The second kappa shape index (κ2) is 8.03. The van der Waals surface area contributed by atoms with E-state index in [2.05, 4.69) is 15.6 Å². The number of benzene rings is 1. The van der Waals surface area contributed by atoms with Gasteiger partial charge in [-0.1, -0.05) is 12.1 Å². The lowest BCUT2D eigenvalue weighted by atomic mass is 10.2. The first kappa shape index (κ1) is 18.6. The number of aromatic nitrogens is 1. The van der Waals surface area contributed by atoms with E-state index in [1.165, 1.54) is 18.0 Å². The Morgan fingerprint density at radius 2 is 2.07 bits per heavy atom. The van der Waals surface area contributed by atoms with Crippen LogP contribution in [0.1, 0.15) is 25.3 Å². The first-order chi connectivity index (χ1) is 12.9. The highest BCUT2D eigenvalue weighted by Gasteiger charge is 2.25. The predicted molar refractivity (Wildman–Crippen MR) is 99.2 cm³/mol. The Morgan fingerprint density at radius 1 is 1.30 bits per heavy atom. The summed E-state index contributed by atoms with van der Waals surface area (Å²) in [6, 6.07) is 7.65. The van der Waals surface area contributed by atoms with Gasteiger partial charge in [-0.05, 0) is 31.0 Å². The lowest BCUT2D eigenvalue weighted by molar-refractivity contribution is -0.116. The number of carbonyl (C=O) groups is 2. The van der Waals surface area contributed by atoms with Gasteiger partial charge in [0.05, 0.1) is 18.0 Å². The molecule has 1 heterocycles. The van der Waals surface area contributed by atoms with Gasteiger partial charge in [-0.3, -0.25) is 4.79 Å². The second-order valence-corrected chi connectivity index (χ2v) is 6.34. The maximum absolute atomic E-state index is 14.4. The van der Waals surface area contributed by atoms with E-state index < -0.39 is 11.8 Å². The topological polar surface area (TPSA) is 83.6 Å². The molecule has 27 heavy (non-hydrogen) atoms. The van der Waals surface area contributed by atoms with Crippen LogP contribution in [0.5, 0.6) is 5.75 Å². The van der Waals surface area contributed by atoms with Gasteiger partial charge in [0.1, 0.15) is 5.82 Å². The molecule has 0 bridgehead atoms. The number of anilines is 2. The summed E-state index contributed by atoms with van der Waals surface area (Å²) in [5.41, 5.74) is 0.805. The van der Waals surface area contributed by atoms with Crippen molar-refractivity contribution < 1.29 is 18.7 Å². The molecule has 2 N–H and O–H groups in total. The fraction of sp³-hybridized carbons (Fsp3) is 0.316. The van der Waals surface area contributed by atoms with Gasteiger partial charge in [0.25, 0.3) is 0 Å². The quantitative estimate of drug-likeness (QED) is 0.816. The number of hydrogen-bond acceptors (Lipinski definition) is 4. The summed E-state index contributed by atoms with van der Waals surface area (Å²) in [7, 11) is 1.61. The summed E-state index contributed by atoms with van der Waals surface area (Å²) in [4.78, 5) is 28.8. The molecule has 2 aromatic rings. The Bertz CT molecular complexity index is 837. The highest BCUT2D eigenvalue weighted by Crippen LogP contribution is 2.29. The molecule has 1 aliphatic carbocycles. The summed E-state index contributed by atoms with van der Waals surface area (Å²) < 4.78 is 19.9. The monoisotopic (exact) mass is 372 g/mol. The Balaban J connectivity index is 1.54. The summed E-state index contributed by atoms with van der Waals surface area (Å²) in [5.74, 6) is 0.0912. The average molecular weight is 372 g/mol. The molecule has 1 saturated carbocycles. The van der Waals surface area contributed by atoms with Crippen LogP contribution in [0.25, 0.3) is 0 Å². The van der Waals surface area contributed by atoms with Crippen LogP contribution in [0.4, 0.5) is 20.7 Å². The molecule has 0 atom stereocenters. The minimum Gasteiger partial charge on any atom is -0.487 e. The molecule has 0 radical (unpaired) electrons. The van der Waals surface area contributed by atoms with Gasteiger partial charge in [-0.15, -0.1) is 0 Å². The summed E-state index contributed by atoms with van der Waals surface area (Å²) in [6.07, 6.45) is 3.43. The fourth-order valence-electron chi connectivity index (χ4n) is 2.32. The molecule has 142 valence electrons. The minimum atomic E-state index is -0.489. The van der Waals surface area contributed by atoms with Gasteiger partial charge in [0, 0.05) is 26.1 Å². The first-order valence-corrected chi connectivity index (χ1v) is 8.63. The third-order valence-electron chi connectivity index (χ3n) is 4.12. The molecule has 1 aromatic carbocycles. The molecule has 0 aliphatic heterocycles. The Kier molecular flexibility index (Phi) is 5.54. The first-order valence-electron chi connectivity index (χ1n) is 8.63.